The Morgan fingerprint density at radius 3 is 2.83 bits per heavy atom. The van der Waals surface area contributed by atoms with Crippen molar-refractivity contribution in [2.45, 2.75) is 25.7 Å². The topological polar surface area (TPSA) is 47.8 Å². The molecule has 0 unspecified atom stereocenters. The van der Waals surface area contributed by atoms with E-state index < -0.39 is 0 Å². The highest BCUT2D eigenvalue weighted by Gasteiger charge is 2.31. The molecule has 1 fully saturated rings. The molecule has 1 saturated carbocycles. The molecule has 1 aliphatic rings. The van der Waals surface area contributed by atoms with E-state index in [4.69, 9.17) is 11.6 Å². The van der Waals surface area contributed by atoms with E-state index in [1.807, 2.05) is 25.1 Å². The van der Waals surface area contributed by atoms with Crippen molar-refractivity contribution in [3.05, 3.63) is 40.2 Å². The van der Waals surface area contributed by atoms with Crippen molar-refractivity contribution in [3.63, 3.8) is 0 Å². The summed E-state index contributed by atoms with van der Waals surface area (Å²) in [5.41, 5.74) is 3.33. The molecule has 3 rings (SSSR count). The summed E-state index contributed by atoms with van der Waals surface area (Å²) in [7, 11) is 0. The minimum atomic E-state index is 0.412. The van der Waals surface area contributed by atoms with Crippen molar-refractivity contribution < 1.29 is 4.79 Å². The number of hydrogen-bond acceptors (Lipinski definition) is 3. The van der Waals surface area contributed by atoms with Crippen molar-refractivity contribution >= 4 is 17.9 Å². The standard InChI is InChI=1S/C13H12ClN3O/c1-8-6-10(14)4-5-12(8)17-13(9-2-3-9)11(7-18)15-16-17/h4-7,9H,2-3H2,1H3. The first-order valence-electron chi connectivity index (χ1n) is 5.88. The smallest absolute Gasteiger partial charge is 0.172 e. The second-order valence-corrected chi connectivity index (χ2v) is 5.03. The van der Waals surface area contributed by atoms with Crippen LogP contribution in [0.2, 0.25) is 5.02 Å². The average Bonchev–Trinajstić information content (AvgIpc) is 3.09. The van der Waals surface area contributed by atoms with E-state index in [2.05, 4.69) is 10.3 Å². The van der Waals surface area contributed by atoms with Gasteiger partial charge in [-0.15, -0.1) is 5.10 Å². The van der Waals surface area contributed by atoms with Gasteiger partial charge in [-0.2, -0.15) is 0 Å². The first-order chi connectivity index (χ1) is 8.70. The zero-order valence-electron chi connectivity index (χ0n) is 9.93. The summed E-state index contributed by atoms with van der Waals surface area (Å²) in [6.45, 7) is 1.97. The molecule has 0 N–H and O–H groups in total. The zero-order chi connectivity index (χ0) is 12.7. The fraction of sp³-hybridized carbons (Fsp3) is 0.308. The fourth-order valence-corrected chi connectivity index (χ4v) is 2.38. The molecule has 5 heteroatoms. The molecule has 18 heavy (non-hydrogen) atoms. The van der Waals surface area contributed by atoms with Crippen LogP contribution in [0.3, 0.4) is 0 Å². The monoisotopic (exact) mass is 261 g/mol. The van der Waals surface area contributed by atoms with Gasteiger partial charge in [-0.3, -0.25) is 4.79 Å². The lowest BCUT2D eigenvalue weighted by molar-refractivity contribution is 0.111. The minimum absolute atomic E-state index is 0.412. The molecule has 1 aromatic heterocycles. The third-order valence-electron chi connectivity index (χ3n) is 3.20. The molecule has 0 atom stereocenters. The van der Waals surface area contributed by atoms with E-state index in [1.54, 1.807) is 4.68 Å². The van der Waals surface area contributed by atoms with Crippen LogP contribution in [-0.2, 0) is 0 Å². The van der Waals surface area contributed by atoms with Gasteiger partial charge < -0.3 is 0 Å². The third-order valence-corrected chi connectivity index (χ3v) is 3.43. The van der Waals surface area contributed by atoms with E-state index in [0.717, 1.165) is 36.1 Å². The Morgan fingerprint density at radius 1 is 1.44 bits per heavy atom. The Hall–Kier alpha value is -1.68. The molecule has 0 bridgehead atoms. The van der Waals surface area contributed by atoms with Crippen molar-refractivity contribution in [2.75, 3.05) is 0 Å². The first kappa shape index (κ1) is 11.4. The Labute approximate surface area is 110 Å². The summed E-state index contributed by atoms with van der Waals surface area (Å²) in [6.07, 6.45) is 2.98. The largest absolute Gasteiger partial charge is 0.296 e. The SMILES string of the molecule is Cc1cc(Cl)ccc1-n1nnc(C=O)c1C1CC1. The van der Waals surface area contributed by atoms with Crippen LogP contribution in [-0.4, -0.2) is 21.3 Å². The number of aromatic nitrogens is 3. The summed E-state index contributed by atoms with van der Waals surface area (Å²) in [5, 5.41) is 8.74. The maximum absolute atomic E-state index is 11.0. The number of carbonyl (C=O) groups is 1. The Kier molecular flexibility index (Phi) is 2.67. The highest BCUT2D eigenvalue weighted by Crippen LogP contribution is 2.41. The van der Waals surface area contributed by atoms with Crippen LogP contribution in [0.4, 0.5) is 0 Å². The first-order valence-corrected chi connectivity index (χ1v) is 6.26. The lowest BCUT2D eigenvalue weighted by atomic mass is 10.1. The molecule has 1 aromatic carbocycles. The molecule has 0 spiro atoms. The van der Waals surface area contributed by atoms with Crippen molar-refractivity contribution in [1.29, 1.82) is 0 Å². The molecular formula is C13H12ClN3O. The molecule has 1 aliphatic carbocycles. The third kappa shape index (κ3) is 1.82. The normalized spacial score (nSPS) is 14.8. The number of carbonyl (C=O) groups excluding carboxylic acids is 1. The van der Waals surface area contributed by atoms with Crippen LogP contribution in [0.1, 0.15) is 40.5 Å². The Bertz CT molecular complexity index is 617. The lowest BCUT2D eigenvalue weighted by Crippen LogP contribution is -2.04. The predicted molar refractivity (Wildman–Crippen MR) is 68.5 cm³/mol. The van der Waals surface area contributed by atoms with Gasteiger partial charge in [0.25, 0.3) is 0 Å². The van der Waals surface area contributed by atoms with Gasteiger partial charge in [0.15, 0.2) is 6.29 Å². The van der Waals surface area contributed by atoms with Crippen LogP contribution >= 0.6 is 11.6 Å². The van der Waals surface area contributed by atoms with Crippen LogP contribution in [0.25, 0.3) is 5.69 Å². The maximum Gasteiger partial charge on any atom is 0.172 e. The molecule has 0 aliphatic heterocycles. The molecule has 4 nitrogen and oxygen atoms in total. The van der Waals surface area contributed by atoms with Crippen molar-refractivity contribution in [3.8, 4) is 5.69 Å². The summed E-state index contributed by atoms with van der Waals surface area (Å²) in [4.78, 5) is 11.0. The van der Waals surface area contributed by atoms with Crippen molar-refractivity contribution in [2.24, 2.45) is 0 Å². The van der Waals surface area contributed by atoms with Crippen molar-refractivity contribution in [1.82, 2.24) is 15.0 Å². The van der Waals surface area contributed by atoms with E-state index in [9.17, 15) is 4.79 Å². The molecular weight excluding hydrogens is 250 g/mol. The van der Waals surface area contributed by atoms with Gasteiger partial charge in [0.2, 0.25) is 0 Å². The summed E-state index contributed by atoms with van der Waals surface area (Å²) in [6, 6.07) is 5.62. The summed E-state index contributed by atoms with van der Waals surface area (Å²) in [5.74, 6) is 0.412. The van der Waals surface area contributed by atoms with Crippen LogP contribution in [0.15, 0.2) is 18.2 Å². The van der Waals surface area contributed by atoms with Gasteiger partial charge >= 0.3 is 0 Å². The highest BCUT2D eigenvalue weighted by molar-refractivity contribution is 6.30. The predicted octanol–water partition coefficient (Wildman–Crippen LogP) is 2.92. The lowest BCUT2D eigenvalue weighted by Gasteiger charge is -2.09. The molecule has 92 valence electrons. The number of aldehydes is 1. The maximum atomic E-state index is 11.0. The Morgan fingerprint density at radius 2 is 2.22 bits per heavy atom. The van der Waals surface area contributed by atoms with Gasteiger partial charge in [0, 0.05) is 10.9 Å². The van der Waals surface area contributed by atoms with E-state index in [1.165, 1.54) is 0 Å². The average molecular weight is 262 g/mol. The van der Waals surface area contributed by atoms with Crippen LogP contribution in [0.5, 0.6) is 0 Å². The molecule has 2 aromatic rings. The van der Waals surface area contributed by atoms with Gasteiger partial charge in [-0.1, -0.05) is 16.8 Å². The summed E-state index contributed by atoms with van der Waals surface area (Å²) >= 11 is 5.95. The van der Waals surface area contributed by atoms with Gasteiger partial charge in [0.05, 0.1) is 11.4 Å². The Balaban J connectivity index is 2.16. The minimum Gasteiger partial charge on any atom is -0.296 e. The number of aryl methyl sites for hydroxylation is 1. The second-order valence-electron chi connectivity index (χ2n) is 4.59. The quantitative estimate of drug-likeness (QED) is 0.798. The van der Waals surface area contributed by atoms with Gasteiger partial charge in [-0.05, 0) is 43.5 Å². The van der Waals surface area contributed by atoms with E-state index >= 15 is 0 Å². The van der Waals surface area contributed by atoms with Crippen LogP contribution < -0.4 is 0 Å². The van der Waals surface area contributed by atoms with Gasteiger partial charge in [0.1, 0.15) is 5.69 Å². The number of hydrogen-bond donors (Lipinski definition) is 0. The molecule has 1 heterocycles. The molecule has 0 saturated heterocycles. The molecule has 0 amide bonds. The second kappa shape index (κ2) is 4.21. The zero-order valence-corrected chi connectivity index (χ0v) is 10.7. The fourth-order valence-electron chi connectivity index (χ4n) is 2.16. The number of benzene rings is 1. The number of rotatable bonds is 3. The number of halogens is 1. The van der Waals surface area contributed by atoms with Gasteiger partial charge in [-0.25, -0.2) is 4.68 Å². The van der Waals surface area contributed by atoms with Crippen LogP contribution in [0, 0.1) is 6.92 Å². The number of nitrogens with zero attached hydrogens (tertiary/aromatic N) is 3. The highest BCUT2D eigenvalue weighted by atomic mass is 35.5. The van der Waals surface area contributed by atoms with E-state index in [0.29, 0.717) is 16.6 Å². The molecule has 0 radical (unpaired) electrons. The summed E-state index contributed by atoms with van der Waals surface area (Å²) < 4.78 is 1.77. The van der Waals surface area contributed by atoms with E-state index in [-0.39, 0.29) is 0 Å².